The van der Waals surface area contributed by atoms with Gasteiger partial charge in [0.1, 0.15) is 0 Å². The van der Waals surface area contributed by atoms with Gasteiger partial charge in [-0.15, -0.1) is 10.2 Å². The molecule has 1 amide bonds. The Labute approximate surface area is 193 Å². The summed E-state index contributed by atoms with van der Waals surface area (Å²) in [5, 5.41) is 11.1. The molecule has 11 heteroatoms. The number of nitrogens with zero attached hydrogens (tertiary/aromatic N) is 2. The molecule has 32 heavy (non-hydrogen) atoms. The number of carbonyl (C=O) groups is 1. The van der Waals surface area contributed by atoms with Gasteiger partial charge in [0.15, 0.2) is 11.3 Å². The number of amides is 1. The Hall–Kier alpha value is -2.08. The first-order chi connectivity index (χ1) is 15.3. The Balaban J connectivity index is 1.51. The second kappa shape index (κ2) is 11.2. The summed E-state index contributed by atoms with van der Waals surface area (Å²) >= 11 is 1.05. The number of anilines is 2. The van der Waals surface area contributed by atoms with Crippen LogP contribution in [0.4, 0.5) is 10.8 Å². The molecule has 2 N–H and O–H groups in total. The standard InChI is InChI=1S/C21H30N4O5S2/c1-4-5-6-7-8-9-14(2)18(26)22-16-10-12-17(13-11-16)32(27,28)25-21-24-23-19(31-21)20-29-15(3)30-20/h10-15,20H,4-9H2,1-3H3,(H,22,26)(H,24,25). The summed E-state index contributed by atoms with van der Waals surface area (Å²) < 4.78 is 38.3. The van der Waals surface area contributed by atoms with Gasteiger partial charge < -0.3 is 14.8 Å². The van der Waals surface area contributed by atoms with Gasteiger partial charge in [-0.25, -0.2) is 8.42 Å². The number of hydrogen-bond donors (Lipinski definition) is 2. The first-order valence-electron chi connectivity index (χ1n) is 10.9. The topological polar surface area (TPSA) is 120 Å². The first-order valence-corrected chi connectivity index (χ1v) is 13.2. The van der Waals surface area contributed by atoms with Crippen molar-refractivity contribution in [2.75, 3.05) is 10.0 Å². The minimum Gasteiger partial charge on any atom is -0.326 e. The van der Waals surface area contributed by atoms with Crippen LogP contribution < -0.4 is 10.0 Å². The molecule has 0 bridgehead atoms. The van der Waals surface area contributed by atoms with Crippen LogP contribution in [-0.4, -0.2) is 30.8 Å². The van der Waals surface area contributed by atoms with Crippen LogP contribution in [0, 0.1) is 5.92 Å². The maximum atomic E-state index is 12.6. The minimum absolute atomic E-state index is 0.0565. The number of unbranched alkanes of at least 4 members (excludes halogenated alkanes) is 4. The summed E-state index contributed by atoms with van der Waals surface area (Å²) in [4.78, 5) is 12.4. The van der Waals surface area contributed by atoms with Crippen molar-refractivity contribution < 1.29 is 22.7 Å². The highest BCUT2D eigenvalue weighted by molar-refractivity contribution is 7.93. The molecule has 0 spiro atoms. The maximum Gasteiger partial charge on any atom is 0.263 e. The van der Waals surface area contributed by atoms with Crippen LogP contribution in [0.3, 0.4) is 0 Å². The van der Waals surface area contributed by atoms with Crippen molar-refractivity contribution in [1.29, 1.82) is 0 Å². The lowest BCUT2D eigenvalue weighted by atomic mass is 10.0. The summed E-state index contributed by atoms with van der Waals surface area (Å²) in [5.74, 6) is -0.162. The normalized spacial score (nSPS) is 19.2. The molecule has 1 aromatic heterocycles. The quantitative estimate of drug-likeness (QED) is 0.422. The van der Waals surface area contributed by atoms with Crippen LogP contribution in [0.25, 0.3) is 0 Å². The second-order valence-corrected chi connectivity index (χ2v) is 10.5. The lowest BCUT2D eigenvalue weighted by Crippen LogP contribution is -2.31. The third-order valence-electron chi connectivity index (χ3n) is 5.11. The Morgan fingerprint density at radius 3 is 2.47 bits per heavy atom. The van der Waals surface area contributed by atoms with Crippen LogP contribution in [0.5, 0.6) is 0 Å². The average Bonchev–Trinajstić information content (AvgIpc) is 3.18. The van der Waals surface area contributed by atoms with E-state index in [2.05, 4.69) is 27.2 Å². The molecule has 2 aromatic rings. The highest BCUT2D eigenvalue weighted by Gasteiger charge is 2.32. The number of benzene rings is 1. The molecule has 0 aliphatic carbocycles. The van der Waals surface area contributed by atoms with Crippen molar-refractivity contribution >= 4 is 38.1 Å². The lowest BCUT2D eigenvalue weighted by molar-refractivity contribution is -0.382. The summed E-state index contributed by atoms with van der Waals surface area (Å²) in [5.41, 5.74) is 0.554. The van der Waals surface area contributed by atoms with Crippen molar-refractivity contribution in [2.45, 2.75) is 76.8 Å². The van der Waals surface area contributed by atoms with E-state index in [1.807, 2.05) is 6.92 Å². The maximum absolute atomic E-state index is 12.6. The van der Waals surface area contributed by atoms with Crippen molar-refractivity contribution in [2.24, 2.45) is 5.92 Å². The van der Waals surface area contributed by atoms with Gasteiger partial charge in [0.25, 0.3) is 10.0 Å². The van der Waals surface area contributed by atoms with Crippen LogP contribution in [0.2, 0.25) is 0 Å². The molecule has 1 fully saturated rings. The van der Waals surface area contributed by atoms with Crippen molar-refractivity contribution in [3.8, 4) is 0 Å². The van der Waals surface area contributed by atoms with E-state index in [0.717, 1.165) is 30.6 Å². The third kappa shape index (κ3) is 6.71. The van der Waals surface area contributed by atoms with E-state index in [-0.39, 0.29) is 28.1 Å². The molecule has 1 aliphatic heterocycles. The number of rotatable bonds is 12. The fourth-order valence-electron chi connectivity index (χ4n) is 3.19. The van der Waals surface area contributed by atoms with E-state index in [1.54, 1.807) is 19.1 Å². The predicted molar refractivity (Wildman–Crippen MR) is 123 cm³/mol. The Bertz CT molecular complexity index is 988. The first kappa shape index (κ1) is 24.6. The Kier molecular flexibility index (Phi) is 8.57. The zero-order valence-corrected chi connectivity index (χ0v) is 20.2. The zero-order chi connectivity index (χ0) is 23.1. The van der Waals surface area contributed by atoms with Crippen LogP contribution >= 0.6 is 11.3 Å². The van der Waals surface area contributed by atoms with E-state index in [9.17, 15) is 13.2 Å². The van der Waals surface area contributed by atoms with Gasteiger partial charge in [0, 0.05) is 11.6 Å². The molecule has 0 radical (unpaired) electrons. The van der Waals surface area contributed by atoms with Crippen molar-refractivity contribution in [1.82, 2.24) is 10.2 Å². The van der Waals surface area contributed by atoms with Crippen LogP contribution in [-0.2, 0) is 24.3 Å². The molecule has 2 heterocycles. The van der Waals surface area contributed by atoms with Gasteiger partial charge in [0.05, 0.1) is 4.90 Å². The molecule has 0 saturated carbocycles. The van der Waals surface area contributed by atoms with E-state index in [1.165, 1.54) is 31.4 Å². The monoisotopic (exact) mass is 482 g/mol. The van der Waals surface area contributed by atoms with E-state index in [0.29, 0.717) is 10.7 Å². The molecule has 9 nitrogen and oxygen atoms in total. The lowest BCUT2D eigenvalue weighted by Gasteiger charge is -2.31. The zero-order valence-electron chi connectivity index (χ0n) is 18.5. The number of nitrogens with one attached hydrogen (secondary N) is 2. The summed E-state index contributed by atoms with van der Waals surface area (Å²) in [6, 6.07) is 6.02. The highest BCUT2D eigenvalue weighted by Crippen LogP contribution is 2.34. The predicted octanol–water partition coefficient (Wildman–Crippen LogP) is 4.67. The number of hydrogen-bond acceptors (Lipinski definition) is 8. The number of ether oxygens (including phenoxy) is 2. The number of sulfonamides is 1. The molecule has 1 atom stereocenters. The SMILES string of the molecule is CCCCCCCC(C)C(=O)Nc1ccc(S(=O)(=O)Nc2nnc(C3OC(C)O3)s2)cc1. The fourth-order valence-corrected chi connectivity index (χ4v) is 5.14. The average molecular weight is 483 g/mol. The summed E-state index contributed by atoms with van der Waals surface area (Å²) in [6.07, 6.45) is 5.72. The van der Waals surface area contributed by atoms with Gasteiger partial charge in [-0.05, 0) is 37.6 Å². The Morgan fingerprint density at radius 2 is 1.81 bits per heavy atom. The van der Waals surface area contributed by atoms with Gasteiger partial charge in [-0.3, -0.25) is 9.52 Å². The third-order valence-corrected chi connectivity index (χ3v) is 7.46. The highest BCUT2D eigenvalue weighted by atomic mass is 32.2. The molecule has 1 aromatic carbocycles. The van der Waals surface area contributed by atoms with Crippen LogP contribution in [0.15, 0.2) is 29.2 Å². The van der Waals surface area contributed by atoms with Crippen molar-refractivity contribution in [3.63, 3.8) is 0 Å². The van der Waals surface area contributed by atoms with E-state index < -0.39 is 16.3 Å². The fraction of sp³-hybridized carbons (Fsp3) is 0.571. The molecule has 1 saturated heterocycles. The van der Waals surface area contributed by atoms with Gasteiger partial charge in [0.2, 0.25) is 17.3 Å². The molecule has 1 aliphatic rings. The second-order valence-electron chi connectivity index (χ2n) is 7.84. The largest absolute Gasteiger partial charge is 0.326 e. The van der Waals surface area contributed by atoms with Crippen molar-refractivity contribution in [3.05, 3.63) is 29.3 Å². The van der Waals surface area contributed by atoms with Gasteiger partial charge in [-0.1, -0.05) is 57.3 Å². The molecule has 176 valence electrons. The van der Waals surface area contributed by atoms with Crippen LogP contribution in [0.1, 0.15) is 70.6 Å². The number of aromatic nitrogens is 2. The minimum atomic E-state index is -3.84. The Morgan fingerprint density at radius 1 is 1.12 bits per heavy atom. The summed E-state index contributed by atoms with van der Waals surface area (Å²) in [7, 11) is -3.84. The molecule has 1 unspecified atom stereocenters. The van der Waals surface area contributed by atoms with Gasteiger partial charge >= 0.3 is 0 Å². The van der Waals surface area contributed by atoms with Gasteiger partial charge in [-0.2, -0.15) is 0 Å². The molecular weight excluding hydrogens is 452 g/mol. The summed E-state index contributed by atoms with van der Waals surface area (Å²) in [6.45, 7) is 5.84. The number of carbonyl (C=O) groups excluding carboxylic acids is 1. The van der Waals surface area contributed by atoms with E-state index in [4.69, 9.17) is 9.47 Å². The van der Waals surface area contributed by atoms with E-state index >= 15 is 0 Å². The molecular formula is C21H30N4O5S2. The molecule has 3 rings (SSSR count). The smallest absolute Gasteiger partial charge is 0.263 e.